The topological polar surface area (TPSA) is 82.4 Å². The molecule has 1 fully saturated rings. The van der Waals surface area contributed by atoms with Crippen molar-refractivity contribution in [3.8, 4) is 6.07 Å². The summed E-state index contributed by atoms with van der Waals surface area (Å²) in [5, 5.41) is 11.6. The molecule has 1 atom stereocenters. The summed E-state index contributed by atoms with van der Waals surface area (Å²) in [6.45, 7) is 3.16. The van der Waals surface area contributed by atoms with Crippen LogP contribution in [0.25, 0.3) is 0 Å². The van der Waals surface area contributed by atoms with Crippen molar-refractivity contribution in [2.45, 2.75) is 13.0 Å². The number of rotatable bonds is 4. The Balaban J connectivity index is 1.93. The minimum Gasteiger partial charge on any atom is -0.448 e. The summed E-state index contributed by atoms with van der Waals surface area (Å²) < 4.78 is 4.82. The number of carbonyl (C=O) groups excluding carboxylic acids is 2. The molecular formula is C14H15N3O3. The van der Waals surface area contributed by atoms with E-state index in [0.29, 0.717) is 30.8 Å². The van der Waals surface area contributed by atoms with E-state index in [4.69, 9.17) is 10.00 Å². The SMILES string of the molecule is CC(CN1CCOC1=O)NC(=O)c1cccc(C#N)c1. The van der Waals surface area contributed by atoms with Gasteiger partial charge in [0.2, 0.25) is 0 Å². The molecule has 1 saturated heterocycles. The van der Waals surface area contributed by atoms with Crippen LogP contribution in [0.2, 0.25) is 0 Å². The number of hydrogen-bond acceptors (Lipinski definition) is 4. The largest absolute Gasteiger partial charge is 0.448 e. The van der Waals surface area contributed by atoms with Crippen molar-refractivity contribution in [1.82, 2.24) is 10.2 Å². The molecule has 1 aromatic carbocycles. The summed E-state index contributed by atoms with van der Waals surface area (Å²) in [6, 6.07) is 8.28. The van der Waals surface area contributed by atoms with Gasteiger partial charge in [-0.15, -0.1) is 0 Å². The van der Waals surface area contributed by atoms with Crippen LogP contribution in [-0.2, 0) is 4.74 Å². The fourth-order valence-corrected chi connectivity index (χ4v) is 2.00. The van der Waals surface area contributed by atoms with Gasteiger partial charge in [-0.1, -0.05) is 6.07 Å². The number of ether oxygens (including phenoxy) is 1. The molecule has 0 spiro atoms. The molecular weight excluding hydrogens is 258 g/mol. The van der Waals surface area contributed by atoms with Crippen molar-refractivity contribution in [2.24, 2.45) is 0 Å². The van der Waals surface area contributed by atoms with Crippen LogP contribution < -0.4 is 5.32 Å². The Labute approximate surface area is 116 Å². The van der Waals surface area contributed by atoms with Crippen LogP contribution in [0.4, 0.5) is 4.79 Å². The molecule has 0 radical (unpaired) electrons. The van der Waals surface area contributed by atoms with E-state index in [0.717, 1.165) is 0 Å². The van der Waals surface area contributed by atoms with Crippen molar-refractivity contribution in [2.75, 3.05) is 19.7 Å². The van der Waals surface area contributed by atoms with Crippen LogP contribution in [0.15, 0.2) is 24.3 Å². The molecule has 2 amide bonds. The number of cyclic esters (lactones) is 1. The van der Waals surface area contributed by atoms with E-state index in [1.54, 1.807) is 23.1 Å². The van der Waals surface area contributed by atoms with Gasteiger partial charge < -0.3 is 15.0 Å². The van der Waals surface area contributed by atoms with Gasteiger partial charge in [0.25, 0.3) is 5.91 Å². The van der Waals surface area contributed by atoms with Gasteiger partial charge in [0.05, 0.1) is 18.2 Å². The fraction of sp³-hybridized carbons (Fsp3) is 0.357. The van der Waals surface area contributed by atoms with Gasteiger partial charge in [-0.05, 0) is 25.1 Å². The lowest BCUT2D eigenvalue weighted by Gasteiger charge is -2.19. The van der Waals surface area contributed by atoms with Crippen LogP contribution in [0, 0.1) is 11.3 Å². The molecule has 1 aliphatic heterocycles. The third kappa shape index (κ3) is 3.26. The van der Waals surface area contributed by atoms with E-state index in [1.165, 1.54) is 6.07 Å². The molecule has 0 aliphatic carbocycles. The Morgan fingerprint density at radius 3 is 3.05 bits per heavy atom. The molecule has 0 bridgehead atoms. The normalized spacial score (nSPS) is 15.4. The first-order valence-corrected chi connectivity index (χ1v) is 6.33. The first-order valence-electron chi connectivity index (χ1n) is 6.33. The Morgan fingerprint density at radius 2 is 2.40 bits per heavy atom. The minimum atomic E-state index is -0.349. The van der Waals surface area contributed by atoms with Gasteiger partial charge in [-0.3, -0.25) is 4.79 Å². The number of amides is 2. The summed E-state index contributed by atoms with van der Waals surface area (Å²) in [7, 11) is 0. The average Bonchev–Trinajstić information content (AvgIpc) is 2.84. The van der Waals surface area contributed by atoms with Gasteiger partial charge >= 0.3 is 6.09 Å². The summed E-state index contributed by atoms with van der Waals surface area (Å²) in [4.78, 5) is 24.9. The van der Waals surface area contributed by atoms with Crippen molar-refractivity contribution in [3.63, 3.8) is 0 Å². The van der Waals surface area contributed by atoms with E-state index >= 15 is 0 Å². The summed E-state index contributed by atoms with van der Waals surface area (Å²) >= 11 is 0. The minimum absolute atomic E-state index is 0.195. The molecule has 20 heavy (non-hydrogen) atoms. The molecule has 1 heterocycles. The van der Waals surface area contributed by atoms with E-state index in [-0.39, 0.29) is 18.0 Å². The Kier molecular flexibility index (Phi) is 4.20. The number of nitrogens with zero attached hydrogens (tertiary/aromatic N) is 2. The third-order valence-corrected chi connectivity index (χ3v) is 2.97. The lowest BCUT2D eigenvalue weighted by molar-refractivity contribution is 0.0930. The Morgan fingerprint density at radius 1 is 1.60 bits per heavy atom. The number of benzene rings is 1. The maximum atomic E-state index is 12.0. The van der Waals surface area contributed by atoms with Crippen molar-refractivity contribution in [3.05, 3.63) is 35.4 Å². The predicted octanol–water partition coefficient (Wildman–Crippen LogP) is 1.13. The molecule has 1 aliphatic rings. The average molecular weight is 273 g/mol. The fourth-order valence-electron chi connectivity index (χ4n) is 2.00. The van der Waals surface area contributed by atoms with Crippen LogP contribution in [0.1, 0.15) is 22.8 Å². The maximum absolute atomic E-state index is 12.0. The second-order valence-corrected chi connectivity index (χ2v) is 4.63. The highest BCUT2D eigenvalue weighted by atomic mass is 16.6. The highest BCUT2D eigenvalue weighted by Crippen LogP contribution is 2.06. The second kappa shape index (κ2) is 6.06. The van der Waals surface area contributed by atoms with E-state index < -0.39 is 0 Å². The zero-order valence-corrected chi connectivity index (χ0v) is 11.1. The molecule has 1 N–H and O–H groups in total. The van der Waals surface area contributed by atoms with E-state index in [9.17, 15) is 9.59 Å². The van der Waals surface area contributed by atoms with Crippen LogP contribution in [-0.4, -0.2) is 42.6 Å². The molecule has 1 unspecified atom stereocenters. The van der Waals surface area contributed by atoms with Gasteiger partial charge in [0, 0.05) is 18.2 Å². The molecule has 1 aromatic rings. The highest BCUT2D eigenvalue weighted by molar-refractivity contribution is 5.94. The van der Waals surface area contributed by atoms with E-state index in [2.05, 4.69) is 5.32 Å². The lowest BCUT2D eigenvalue weighted by Crippen LogP contribution is -2.42. The highest BCUT2D eigenvalue weighted by Gasteiger charge is 2.24. The summed E-state index contributed by atoms with van der Waals surface area (Å²) in [5.41, 5.74) is 0.869. The van der Waals surface area contributed by atoms with Crippen LogP contribution >= 0.6 is 0 Å². The smallest absolute Gasteiger partial charge is 0.410 e. The molecule has 2 rings (SSSR count). The van der Waals surface area contributed by atoms with Gasteiger partial charge in [-0.25, -0.2) is 4.79 Å². The zero-order chi connectivity index (χ0) is 14.5. The van der Waals surface area contributed by atoms with Gasteiger partial charge in [0.1, 0.15) is 6.61 Å². The summed E-state index contributed by atoms with van der Waals surface area (Å²) in [5.74, 6) is -0.262. The molecule has 0 saturated carbocycles. The zero-order valence-electron chi connectivity index (χ0n) is 11.1. The first kappa shape index (κ1) is 13.9. The molecule has 6 heteroatoms. The van der Waals surface area contributed by atoms with Crippen LogP contribution in [0.3, 0.4) is 0 Å². The van der Waals surface area contributed by atoms with Gasteiger partial charge in [0.15, 0.2) is 0 Å². The first-order chi connectivity index (χ1) is 9.60. The number of hydrogen-bond donors (Lipinski definition) is 1. The number of nitrogens with one attached hydrogen (secondary N) is 1. The Bertz CT molecular complexity index is 565. The predicted molar refractivity (Wildman–Crippen MR) is 71.0 cm³/mol. The van der Waals surface area contributed by atoms with Crippen molar-refractivity contribution < 1.29 is 14.3 Å². The maximum Gasteiger partial charge on any atom is 0.410 e. The quantitative estimate of drug-likeness (QED) is 0.891. The molecule has 6 nitrogen and oxygen atoms in total. The lowest BCUT2D eigenvalue weighted by atomic mass is 10.1. The van der Waals surface area contributed by atoms with Crippen molar-refractivity contribution >= 4 is 12.0 Å². The molecule has 0 aromatic heterocycles. The standard InChI is InChI=1S/C14H15N3O3/c1-10(9-17-5-6-20-14(17)19)16-13(18)12-4-2-3-11(7-12)8-15/h2-4,7,10H,5-6,9H2,1H3,(H,16,18). The third-order valence-electron chi connectivity index (χ3n) is 2.97. The monoisotopic (exact) mass is 273 g/mol. The second-order valence-electron chi connectivity index (χ2n) is 4.63. The number of nitriles is 1. The number of carbonyl (C=O) groups is 2. The van der Waals surface area contributed by atoms with Gasteiger partial charge in [-0.2, -0.15) is 5.26 Å². The van der Waals surface area contributed by atoms with Crippen molar-refractivity contribution in [1.29, 1.82) is 5.26 Å². The van der Waals surface area contributed by atoms with E-state index in [1.807, 2.05) is 13.0 Å². The molecule has 104 valence electrons. The van der Waals surface area contributed by atoms with Crippen LogP contribution in [0.5, 0.6) is 0 Å². The summed E-state index contributed by atoms with van der Waals surface area (Å²) in [6.07, 6.45) is -0.349. The Hall–Kier alpha value is -2.55.